The summed E-state index contributed by atoms with van der Waals surface area (Å²) in [5, 5.41) is 6.23. The molecule has 1 aliphatic carbocycles. The smallest absolute Gasteiger partial charge is 0.238 e. The molecule has 0 bridgehead atoms. The SMILES string of the molecule is COc1cccc(NC(=O)CNC2CCC(C)CC2)c1. The first-order valence-corrected chi connectivity index (χ1v) is 7.34. The molecule has 0 heterocycles. The predicted octanol–water partition coefficient (Wildman–Crippen LogP) is 2.80. The first-order chi connectivity index (χ1) is 9.67. The molecule has 2 rings (SSSR count). The van der Waals surface area contributed by atoms with Crippen LogP contribution in [0.2, 0.25) is 0 Å². The number of benzene rings is 1. The first-order valence-electron chi connectivity index (χ1n) is 7.34. The van der Waals surface area contributed by atoms with E-state index in [9.17, 15) is 4.79 Å². The summed E-state index contributed by atoms with van der Waals surface area (Å²) in [7, 11) is 1.62. The molecule has 0 atom stereocenters. The van der Waals surface area contributed by atoms with E-state index in [0.29, 0.717) is 12.6 Å². The summed E-state index contributed by atoms with van der Waals surface area (Å²) in [5.41, 5.74) is 0.772. The number of hydrogen-bond acceptors (Lipinski definition) is 3. The Morgan fingerprint density at radius 1 is 1.30 bits per heavy atom. The number of amides is 1. The van der Waals surface area contributed by atoms with E-state index in [1.807, 2.05) is 24.3 Å². The molecule has 0 spiro atoms. The highest BCUT2D eigenvalue weighted by molar-refractivity contribution is 5.92. The van der Waals surface area contributed by atoms with Gasteiger partial charge in [-0.1, -0.05) is 13.0 Å². The molecule has 1 fully saturated rings. The van der Waals surface area contributed by atoms with Crippen LogP contribution >= 0.6 is 0 Å². The third-order valence-electron chi connectivity index (χ3n) is 3.92. The molecule has 1 amide bonds. The number of ether oxygens (including phenoxy) is 1. The third-order valence-corrected chi connectivity index (χ3v) is 3.92. The summed E-state index contributed by atoms with van der Waals surface area (Å²) in [6.45, 7) is 2.67. The Morgan fingerprint density at radius 2 is 2.05 bits per heavy atom. The average Bonchev–Trinajstić information content (AvgIpc) is 2.47. The summed E-state index contributed by atoms with van der Waals surface area (Å²) in [4.78, 5) is 11.9. The van der Waals surface area contributed by atoms with Gasteiger partial charge >= 0.3 is 0 Å². The van der Waals surface area contributed by atoms with E-state index in [1.54, 1.807) is 7.11 Å². The van der Waals surface area contributed by atoms with Gasteiger partial charge in [0.15, 0.2) is 0 Å². The van der Waals surface area contributed by atoms with Gasteiger partial charge in [0.1, 0.15) is 5.75 Å². The van der Waals surface area contributed by atoms with Crippen LogP contribution in [0.1, 0.15) is 32.6 Å². The number of anilines is 1. The Balaban J connectivity index is 1.74. The van der Waals surface area contributed by atoms with Gasteiger partial charge in [0.05, 0.1) is 13.7 Å². The number of carbonyl (C=O) groups excluding carboxylic acids is 1. The Morgan fingerprint density at radius 3 is 2.75 bits per heavy atom. The molecular formula is C16H24N2O2. The first kappa shape index (κ1) is 14.9. The molecule has 0 unspecified atom stereocenters. The summed E-state index contributed by atoms with van der Waals surface area (Å²) in [5.74, 6) is 1.58. The fraction of sp³-hybridized carbons (Fsp3) is 0.562. The quantitative estimate of drug-likeness (QED) is 0.869. The van der Waals surface area contributed by atoms with Crippen LogP contribution in [0.15, 0.2) is 24.3 Å². The van der Waals surface area contributed by atoms with Gasteiger partial charge in [0.2, 0.25) is 5.91 Å². The molecule has 2 N–H and O–H groups in total. The summed E-state index contributed by atoms with van der Waals surface area (Å²) >= 11 is 0. The third kappa shape index (κ3) is 4.53. The second kappa shape index (κ2) is 7.29. The largest absolute Gasteiger partial charge is 0.497 e. The molecule has 20 heavy (non-hydrogen) atoms. The molecule has 1 aromatic rings. The Kier molecular flexibility index (Phi) is 5.41. The number of methoxy groups -OCH3 is 1. The normalized spacial score (nSPS) is 22.3. The van der Waals surface area contributed by atoms with Crippen LogP contribution in [0, 0.1) is 5.92 Å². The maximum Gasteiger partial charge on any atom is 0.238 e. The minimum Gasteiger partial charge on any atom is -0.497 e. The predicted molar refractivity (Wildman–Crippen MR) is 81.0 cm³/mol. The van der Waals surface area contributed by atoms with Crippen LogP contribution in [-0.4, -0.2) is 25.6 Å². The van der Waals surface area contributed by atoms with E-state index in [4.69, 9.17) is 4.74 Å². The average molecular weight is 276 g/mol. The van der Waals surface area contributed by atoms with E-state index < -0.39 is 0 Å². The van der Waals surface area contributed by atoms with Gasteiger partial charge in [-0.15, -0.1) is 0 Å². The molecule has 4 heteroatoms. The maximum atomic E-state index is 11.9. The minimum atomic E-state index is -0.00289. The molecule has 0 aliphatic heterocycles. The van der Waals surface area contributed by atoms with Crippen LogP contribution in [-0.2, 0) is 4.79 Å². The van der Waals surface area contributed by atoms with Crippen molar-refractivity contribution in [3.05, 3.63) is 24.3 Å². The molecule has 1 saturated carbocycles. The number of nitrogens with one attached hydrogen (secondary N) is 2. The highest BCUT2D eigenvalue weighted by Crippen LogP contribution is 2.23. The number of rotatable bonds is 5. The molecule has 1 aliphatic rings. The molecular weight excluding hydrogens is 252 g/mol. The van der Waals surface area contributed by atoms with Gasteiger partial charge in [-0.05, 0) is 43.7 Å². The van der Waals surface area contributed by atoms with Crippen molar-refractivity contribution in [1.82, 2.24) is 5.32 Å². The van der Waals surface area contributed by atoms with Crippen LogP contribution < -0.4 is 15.4 Å². The van der Waals surface area contributed by atoms with Gasteiger partial charge in [0.25, 0.3) is 0 Å². The van der Waals surface area contributed by atoms with Gasteiger partial charge in [-0.2, -0.15) is 0 Å². The summed E-state index contributed by atoms with van der Waals surface area (Å²) in [6, 6.07) is 7.90. The van der Waals surface area contributed by atoms with Crippen LogP contribution in [0.3, 0.4) is 0 Å². The monoisotopic (exact) mass is 276 g/mol. The van der Waals surface area contributed by atoms with Crippen molar-refractivity contribution in [2.45, 2.75) is 38.6 Å². The van der Waals surface area contributed by atoms with E-state index in [0.717, 1.165) is 17.4 Å². The van der Waals surface area contributed by atoms with E-state index in [-0.39, 0.29) is 5.91 Å². The molecule has 1 aromatic carbocycles. The second-order valence-electron chi connectivity index (χ2n) is 5.62. The summed E-state index contributed by atoms with van der Waals surface area (Å²) in [6.07, 6.45) is 4.87. The highest BCUT2D eigenvalue weighted by atomic mass is 16.5. The molecule has 0 aromatic heterocycles. The van der Waals surface area contributed by atoms with E-state index >= 15 is 0 Å². The van der Waals surface area contributed by atoms with E-state index in [1.165, 1.54) is 25.7 Å². The molecule has 0 saturated heterocycles. The van der Waals surface area contributed by atoms with Crippen LogP contribution in [0.4, 0.5) is 5.69 Å². The Hall–Kier alpha value is -1.55. The number of hydrogen-bond donors (Lipinski definition) is 2. The zero-order valence-electron chi connectivity index (χ0n) is 12.3. The second-order valence-corrected chi connectivity index (χ2v) is 5.62. The standard InChI is InChI=1S/C16H24N2O2/c1-12-6-8-13(9-7-12)17-11-16(19)18-14-4-3-5-15(10-14)20-2/h3-5,10,12-13,17H,6-9,11H2,1-2H3,(H,18,19). The van der Waals surface area contributed by atoms with Crippen molar-refractivity contribution >= 4 is 11.6 Å². The maximum absolute atomic E-state index is 11.9. The fourth-order valence-corrected chi connectivity index (χ4v) is 2.61. The molecule has 110 valence electrons. The lowest BCUT2D eigenvalue weighted by atomic mass is 9.87. The van der Waals surface area contributed by atoms with Crippen molar-refractivity contribution in [3.63, 3.8) is 0 Å². The van der Waals surface area contributed by atoms with Gasteiger partial charge < -0.3 is 15.4 Å². The van der Waals surface area contributed by atoms with Crippen LogP contribution in [0.25, 0.3) is 0 Å². The number of carbonyl (C=O) groups is 1. The van der Waals surface area contributed by atoms with E-state index in [2.05, 4.69) is 17.6 Å². The Bertz CT molecular complexity index is 440. The lowest BCUT2D eigenvalue weighted by molar-refractivity contribution is -0.115. The van der Waals surface area contributed by atoms with Gasteiger partial charge in [0, 0.05) is 17.8 Å². The minimum absolute atomic E-state index is 0.00289. The van der Waals surface area contributed by atoms with Crippen molar-refractivity contribution in [2.24, 2.45) is 5.92 Å². The highest BCUT2D eigenvalue weighted by Gasteiger charge is 2.18. The lowest BCUT2D eigenvalue weighted by Crippen LogP contribution is -2.38. The van der Waals surface area contributed by atoms with Crippen molar-refractivity contribution in [1.29, 1.82) is 0 Å². The van der Waals surface area contributed by atoms with Crippen molar-refractivity contribution in [2.75, 3.05) is 19.0 Å². The zero-order chi connectivity index (χ0) is 14.4. The van der Waals surface area contributed by atoms with Crippen LogP contribution in [0.5, 0.6) is 5.75 Å². The zero-order valence-corrected chi connectivity index (χ0v) is 12.3. The lowest BCUT2D eigenvalue weighted by Gasteiger charge is -2.26. The van der Waals surface area contributed by atoms with Gasteiger partial charge in [-0.25, -0.2) is 0 Å². The molecule has 4 nitrogen and oxygen atoms in total. The topological polar surface area (TPSA) is 50.4 Å². The Labute approximate surface area is 120 Å². The van der Waals surface area contributed by atoms with Crippen molar-refractivity contribution < 1.29 is 9.53 Å². The fourth-order valence-electron chi connectivity index (χ4n) is 2.61. The molecule has 0 radical (unpaired) electrons. The van der Waals surface area contributed by atoms with Crippen molar-refractivity contribution in [3.8, 4) is 5.75 Å². The summed E-state index contributed by atoms with van der Waals surface area (Å²) < 4.78 is 5.13. The van der Waals surface area contributed by atoms with Gasteiger partial charge in [-0.3, -0.25) is 4.79 Å².